The van der Waals surface area contributed by atoms with Gasteiger partial charge < -0.3 is 21.7 Å². The van der Waals surface area contributed by atoms with Gasteiger partial charge in [-0.25, -0.2) is 0 Å². The van der Waals surface area contributed by atoms with Crippen LogP contribution in [0.25, 0.3) is 0 Å². The van der Waals surface area contributed by atoms with Crippen LogP contribution in [0.5, 0.6) is 0 Å². The van der Waals surface area contributed by atoms with Gasteiger partial charge >= 0.3 is 0 Å². The van der Waals surface area contributed by atoms with E-state index in [-0.39, 0.29) is 32.1 Å². The van der Waals surface area contributed by atoms with Crippen molar-refractivity contribution in [1.29, 1.82) is 0 Å². The summed E-state index contributed by atoms with van der Waals surface area (Å²) in [5.41, 5.74) is 5.21. The van der Waals surface area contributed by atoms with E-state index in [1.807, 2.05) is 0 Å². The molecule has 0 aliphatic rings. The summed E-state index contributed by atoms with van der Waals surface area (Å²) >= 11 is 0. The van der Waals surface area contributed by atoms with Crippen LogP contribution >= 0.6 is 0 Å². The Morgan fingerprint density at radius 3 is 2.46 bits per heavy atom. The van der Waals surface area contributed by atoms with Gasteiger partial charge in [-0.2, -0.15) is 0 Å². The molecule has 0 spiro atoms. The molecule has 5 N–H and O–H groups in total. The molecule has 0 atom stereocenters. The second-order valence-corrected chi connectivity index (χ2v) is 2.38. The minimum Gasteiger partial charge on any atom is -0.355 e. The van der Waals surface area contributed by atoms with Crippen LogP contribution in [0.1, 0.15) is 12.4 Å². The fraction of sp³-hybridized carbons (Fsp3) is 0.875. The SMILES string of the molecule is [2H]C([2H])(NCCN)C([2H])([2H])NCCNC(C)=O. The van der Waals surface area contributed by atoms with Crippen LogP contribution in [0.15, 0.2) is 0 Å². The zero-order chi connectivity index (χ0) is 13.5. The van der Waals surface area contributed by atoms with Crippen molar-refractivity contribution >= 4 is 5.91 Å². The normalized spacial score (nSPS) is 16.8. The Hall–Kier alpha value is -0.650. The van der Waals surface area contributed by atoms with E-state index in [0.29, 0.717) is 0 Å². The molecule has 0 fully saturated rings. The molecule has 0 saturated carbocycles. The molecule has 0 bridgehead atoms. The van der Waals surface area contributed by atoms with Crippen molar-refractivity contribution < 1.29 is 10.3 Å². The van der Waals surface area contributed by atoms with E-state index in [1.54, 1.807) is 0 Å². The quantitative estimate of drug-likeness (QED) is 0.344. The maximum absolute atomic E-state index is 10.6. The Morgan fingerprint density at radius 1 is 1.31 bits per heavy atom. The minimum absolute atomic E-state index is 0.135. The summed E-state index contributed by atoms with van der Waals surface area (Å²) in [6, 6.07) is 0. The molecule has 0 aliphatic carbocycles. The lowest BCUT2D eigenvalue weighted by molar-refractivity contribution is -0.118. The van der Waals surface area contributed by atoms with Gasteiger partial charge in [0.25, 0.3) is 0 Å². The smallest absolute Gasteiger partial charge is 0.216 e. The van der Waals surface area contributed by atoms with Crippen LogP contribution in [0, 0.1) is 0 Å². The van der Waals surface area contributed by atoms with E-state index >= 15 is 0 Å². The first-order valence-electron chi connectivity index (χ1n) is 6.17. The number of hydrogen-bond acceptors (Lipinski definition) is 4. The summed E-state index contributed by atoms with van der Waals surface area (Å²) in [6.07, 6.45) is 0. The molecule has 0 rings (SSSR count). The maximum Gasteiger partial charge on any atom is 0.216 e. The Bertz CT molecular complexity index is 250. The molecule has 0 unspecified atom stereocenters. The first-order valence-corrected chi connectivity index (χ1v) is 4.17. The lowest BCUT2D eigenvalue weighted by Crippen LogP contribution is -2.35. The second kappa shape index (κ2) is 9.44. The van der Waals surface area contributed by atoms with Gasteiger partial charge in [0.15, 0.2) is 0 Å². The van der Waals surface area contributed by atoms with Gasteiger partial charge in [0.05, 0.1) is 0 Å². The largest absolute Gasteiger partial charge is 0.355 e. The van der Waals surface area contributed by atoms with Gasteiger partial charge in [0, 0.05) is 51.6 Å². The van der Waals surface area contributed by atoms with E-state index in [4.69, 9.17) is 11.2 Å². The predicted molar refractivity (Wildman–Crippen MR) is 53.5 cm³/mol. The number of nitrogens with one attached hydrogen (secondary N) is 3. The topological polar surface area (TPSA) is 79.2 Å². The van der Waals surface area contributed by atoms with Crippen LogP contribution < -0.4 is 21.7 Å². The average Bonchev–Trinajstić information content (AvgIpc) is 2.21. The third kappa shape index (κ3) is 11.3. The molecule has 0 aromatic carbocycles. The molecule has 0 radical (unpaired) electrons. The predicted octanol–water partition coefficient (Wildman–Crippen LogP) is -1.74. The molecule has 13 heavy (non-hydrogen) atoms. The average molecular weight is 192 g/mol. The van der Waals surface area contributed by atoms with Crippen LogP contribution in [0.3, 0.4) is 0 Å². The molecule has 0 saturated heterocycles. The van der Waals surface area contributed by atoms with Crippen LogP contribution in [-0.4, -0.2) is 45.1 Å². The van der Waals surface area contributed by atoms with Gasteiger partial charge in [-0.3, -0.25) is 4.79 Å². The van der Waals surface area contributed by atoms with E-state index in [9.17, 15) is 4.79 Å². The highest BCUT2D eigenvalue weighted by Crippen LogP contribution is 1.62. The number of hydrogen-bond donors (Lipinski definition) is 4. The zero-order valence-corrected chi connectivity index (χ0v) is 7.81. The van der Waals surface area contributed by atoms with Crippen molar-refractivity contribution in [2.45, 2.75) is 6.92 Å². The summed E-state index contributed by atoms with van der Waals surface area (Å²) in [7, 11) is 0. The molecule has 0 heterocycles. The molecule has 0 aliphatic heterocycles. The first-order chi connectivity index (χ1) is 7.73. The molecule has 78 valence electrons. The number of nitrogens with two attached hydrogens (primary N) is 1. The van der Waals surface area contributed by atoms with Crippen LogP contribution in [0.4, 0.5) is 0 Å². The summed E-state index contributed by atoms with van der Waals surface area (Å²) in [6.45, 7) is -2.35. The molecule has 1 amide bonds. The Balaban J connectivity index is 4.11. The van der Waals surface area contributed by atoms with Crippen molar-refractivity contribution in [2.24, 2.45) is 5.73 Å². The van der Waals surface area contributed by atoms with E-state index < -0.39 is 13.0 Å². The van der Waals surface area contributed by atoms with E-state index in [1.165, 1.54) is 6.92 Å². The van der Waals surface area contributed by atoms with Crippen LogP contribution in [-0.2, 0) is 4.79 Å². The fourth-order valence-corrected chi connectivity index (χ4v) is 0.587. The highest BCUT2D eigenvalue weighted by molar-refractivity contribution is 5.72. The van der Waals surface area contributed by atoms with Crippen molar-refractivity contribution in [3.63, 3.8) is 0 Å². The van der Waals surface area contributed by atoms with Crippen LogP contribution in [0.2, 0.25) is 0 Å². The number of carbonyl (C=O) groups excluding carboxylic acids is 1. The molecule has 5 heteroatoms. The summed E-state index contributed by atoms with van der Waals surface area (Å²) in [5, 5.41) is 7.27. The fourth-order valence-electron chi connectivity index (χ4n) is 0.587. The molecule has 0 aromatic rings. The third-order valence-electron chi connectivity index (χ3n) is 1.13. The molecular formula is C8H20N4O. The van der Waals surface area contributed by atoms with E-state index in [2.05, 4.69) is 16.0 Å². The first kappa shape index (κ1) is 6.75. The van der Waals surface area contributed by atoms with E-state index in [0.717, 1.165) is 0 Å². The third-order valence-corrected chi connectivity index (χ3v) is 1.13. The maximum atomic E-state index is 10.6. The summed E-state index contributed by atoms with van der Waals surface area (Å²) < 4.78 is 30.2. The lowest BCUT2D eigenvalue weighted by atomic mass is 10.5. The van der Waals surface area contributed by atoms with Crippen molar-refractivity contribution in [1.82, 2.24) is 16.0 Å². The van der Waals surface area contributed by atoms with Crippen molar-refractivity contribution in [2.75, 3.05) is 39.2 Å². The highest BCUT2D eigenvalue weighted by atomic mass is 16.1. The number of carbonyl (C=O) groups is 1. The number of amides is 1. The highest BCUT2D eigenvalue weighted by Gasteiger charge is 1.89. The van der Waals surface area contributed by atoms with Gasteiger partial charge in [-0.15, -0.1) is 0 Å². The Morgan fingerprint density at radius 2 is 1.92 bits per heavy atom. The van der Waals surface area contributed by atoms with Gasteiger partial charge in [-0.1, -0.05) is 0 Å². The van der Waals surface area contributed by atoms with Gasteiger partial charge in [0.1, 0.15) is 0 Å². The number of rotatable bonds is 8. The van der Waals surface area contributed by atoms with Gasteiger partial charge in [0.2, 0.25) is 5.91 Å². The molecular weight excluding hydrogens is 168 g/mol. The molecule has 0 aromatic heterocycles. The van der Waals surface area contributed by atoms with Gasteiger partial charge in [-0.05, 0) is 0 Å². The Kier molecular flexibility index (Phi) is 4.90. The summed E-state index contributed by atoms with van der Waals surface area (Å²) in [4.78, 5) is 10.6. The second-order valence-electron chi connectivity index (χ2n) is 2.38. The monoisotopic (exact) mass is 192 g/mol. The van der Waals surface area contributed by atoms with Crippen molar-refractivity contribution in [3.8, 4) is 0 Å². The summed E-state index contributed by atoms with van der Waals surface area (Å²) in [5.74, 6) is -0.211. The zero-order valence-electron chi connectivity index (χ0n) is 11.8. The standard InChI is InChI=1S/C8H20N4O/c1-8(13)12-7-6-11-5-4-10-3-2-9/h10-11H,2-7,9H2,1H3,(H,12,13)/i4D2,5D2. The molecule has 5 nitrogen and oxygen atoms in total. The Labute approximate surface area is 85.1 Å². The van der Waals surface area contributed by atoms with Crippen molar-refractivity contribution in [3.05, 3.63) is 0 Å². The minimum atomic E-state index is -2.25. The lowest BCUT2D eigenvalue weighted by Gasteiger charge is -2.05.